The molecular weight excluding hydrogens is 334 g/mol. The molecule has 3 rings (SSSR count). The van der Waals surface area contributed by atoms with Crippen LogP contribution >= 0.6 is 0 Å². The summed E-state index contributed by atoms with van der Waals surface area (Å²) in [4.78, 5) is 4.58. The first-order valence-corrected chi connectivity index (χ1v) is 10.1. The maximum absolute atomic E-state index is 12.6. The Hall–Kier alpha value is -2.08. The monoisotopic (exact) mass is 359 g/mol. The Labute approximate surface area is 149 Å². The van der Waals surface area contributed by atoms with E-state index in [1.54, 1.807) is 24.3 Å². The molecule has 0 radical (unpaired) electrons. The number of anilines is 2. The van der Waals surface area contributed by atoms with Crippen molar-refractivity contribution in [3.05, 3.63) is 47.7 Å². The summed E-state index contributed by atoms with van der Waals surface area (Å²) >= 11 is 0. The number of hydrogen-bond acceptors (Lipinski definition) is 4. The van der Waals surface area contributed by atoms with Crippen LogP contribution in [0, 0.1) is 0 Å². The Kier molecular flexibility index (Phi) is 4.73. The van der Waals surface area contributed by atoms with Crippen LogP contribution in [0.2, 0.25) is 0 Å². The molecule has 0 amide bonds. The molecule has 2 N–H and O–H groups in total. The van der Waals surface area contributed by atoms with Crippen LogP contribution in [0.15, 0.2) is 41.4 Å². The minimum Gasteiger partial charge on any atom is -0.365 e. The van der Waals surface area contributed by atoms with Crippen LogP contribution in [-0.2, 0) is 22.9 Å². The molecular formula is C19H25N3O2S. The molecule has 0 atom stereocenters. The standard InChI is InChI=1S/C19H25N3O2S/c1-19(2,3)21-18-11-9-16(13-20-18)22-25(23,24)17-10-8-14-6-4-5-7-15(14)12-17/h8-13,22H,4-7H2,1-3H3,(H,20,21). The third-order valence-electron chi connectivity index (χ3n) is 4.15. The summed E-state index contributed by atoms with van der Waals surface area (Å²) in [5.74, 6) is 0.712. The van der Waals surface area contributed by atoms with Crippen molar-refractivity contribution in [2.24, 2.45) is 0 Å². The fourth-order valence-electron chi connectivity index (χ4n) is 3.00. The Morgan fingerprint density at radius 2 is 1.72 bits per heavy atom. The van der Waals surface area contributed by atoms with E-state index in [9.17, 15) is 8.42 Å². The normalized spacial score (nSPS) is 14.7. The van der Waals surface area contributed by atoms with Gasteiger partial charge in [0.1, 0.15) is 5.82 Å². The van der Waals surface area contributed by atoms with E-state index >= 15 is 0 Å². The van der Waals surface area contributed by atoms with Gasteiger partial charge >= 0.3 is 0 Å². The van der Waals surface area contributed by atoms with Crippen molar-refractivity contribution in [1.29, 1.82) is 0 Å². The second-order valence-corrected chi connectivity index (χ2v) is 9.23. The van der Waals surface area contributed by atoms with Crippen LogP contribution in [0.3, 0.4) is 0 Å². The van der Waals surface area contributed by atoms with Gasteiger partial charge in [-0.15, -0.1) is 0 Å². The molecule has 1 heterocycles. The lowest BCUT2D eigenvalue weighted by Crippen LogP contribution is -2.26. The summed E-state index contributed by atoms with van der Waals surface area (Å²) < 4.78 is 27.9. The Balaban J connectivity index is 1.77. The molecule has 134 valence electrons. The summed E-state index contributed by atoms with van der Waals surface area (Å²) in [5.41, 5.74) is 2.77. The lowest BCUT2D eigenvalue weighted by atomic mass is 9.92. The molecule has 0 unspecified atom stereocenters. The Morgan fingerprint density at radius 3 is 2.36 bits per heavy atom. The highest BCUT2D eigenvalue weighted by molar-refractivity contribution is 7.92. The van der Waals surface area contributed by atoms with E-state index in [2.05, 4.69) is 15.0 Å². The highest BCUT2D eigenvalue weighted by Crippen LogP contribution is 2.25. The summed E-state index contributed by atoms with van der Waals surface area (Å²) in [6, 6.07) is 8.93. The largest absolute Gasteiger partial charge is 0.365 e. The minimum absolute atomic E-state index is 0.100. The molecule has 1 aromatic heterocycles. The van der Waals surface area contributed by atoms with E-state index in [0.29, 0.717) is 16.4 Å². The number of nitrogens with one attached hydrogen (secondary N) is 2. The van der Waals surface area contributed by atoms with Crippen LogP contribution in [0.25, 0.3) is 0 Å². The van der Waals surface area contributed by atoms with Crippen LogP contribution in [0.4, 0.5) is 11.5 Å². The van der Waals surface area contributed by atoms with E-state index in [-0.39, 0.29) is 5.54 Å². The summed E-state index contributed by atoms with van der Waals surface area (Å²) in [5, 5.41) is 3.25. The van der Waals surface area contributed by atoms with E-state index in [1.807, 2.05) is 26.8 Å². The number of benzene rings is 1. The molecule has 0 bridgehead atoms. The zero-order chi connectivity index (χ0) is 18.1. The lowest BCUT2D eigenvalue weighted by molar-refractivity contribution is 0.600. The minimum atomic E-state index is -3.61. The third kappa shape index (κ3) is 4.51. The van der Waals surface area contributed by atoms with Gasteiger partial charge < -0.3 is 5.32 Å². The van der Waals surface area contributed by atoms with Crippen LogP contribution in [0.5, 0.6) is 0 Å². The van der Waals surface area contributed by atoms with E-state index in [1.165, 1.54) is 18.2 Å². The van der Waals surface area contributed by atoms with Crippen molar-refractivity contribution in [2.45, 2.75) is 56.9 Å². The average molecular weight is 359 g/mol. The smallest absolute Gasteiger partial charge is 0.261 e. The molecule has 0 fully saturated rings. The number of nitrogens with zero attached hydrogens (tertiary/aromatic N) is 1. The second kappa shape index (κ2) is 6.67. The molecule has 0 saturated heterocycles. The summed E-state index contributed by atoms with van der Waals surface area (Å²) in [6.45, 7) is 6.13. The molecule has 1 aromatic carbocycles. The van der Waals surface area contributed by atoms with Crippen molar-refractivity contribution in [1.82, 2.24) is 4.98 Å². The van der Waals surface area contributed by atoms with Gasteiger partial charge in [-0.2, -0.15) is 0 Å². The fourth-order valence-corrected chi connectivity index (χ4v) is 4.10. The van der Waals surface area contributed by atoms with Gasteiger partial charge in [-0.1, -0.05) is 6.07 Å². The van der Waals surface area contributed by atoms with Gasteiger partial charge in [0.05, 0.1) is 16.8 Å². The van der Waals surface area contributed by atoms with Crippen LogP contribution < -0.4 is 10.0 Å². The first-order valence-electron chi connectivity index (χ1n) is 8.62. The van der Waals surface area contributed by atoms with Gasteiger partial charge in [0.2, 0.25) is 0 Å². The van der Waals surface area contributed by atoms with Crippen molar-refractivity contribution in [2.75, 3.05) is 10.0 Å². The maximum atomic E-state index is 12.6. The SMILES string of the molecule is CC(C)(C)Nc1ccc(NS(=O)(=O)c2ccc3c(c2)CCCC3)cn1. The molecule has 2 aromatic rings. The summed E-state index contributed by atoms with van der Waals surface area (Å²) in [7, 11) is -3.61. The van der Waals surface area contributed by atoms with Gasteiger partial charge in [0, 0.05) is 5.54 Å². The number of aryl methyl sites for hydroxylation is 2. The van der Waals surface area contributed by atoms with Gasteiger partial charge in [-0.05, 0) is 81.8 Å². The van der Waals surface area contributed by atoms with Gasteiger partial charge in [-0.3, -0.25) is 4.72 Å². The Bertz CT molecular complexity index is 853. The van der Waals surface area contributed by atoms with Gasteiger partial charge in [-0.25, -0.2) is 13.4 Å². The first kappa shape index (κ1) is 17.7. The van der Waals surface area contributed by atoms with Gasteiger partial charge in [0.15, 0.2) is 0 Å². The van der Waals surface area contributed by atoms with Crippen molar-refractivity contribution in [3.63, 3.8) is 0 Å². The molecule has 5 nitrogen and oxygen atoms in total. The number of pyridine rings is 1. The van der Waals surface area contributed by atoms with Crippen LogP contribution in [-0.4, -0.2) is 18.9 Å². The maximum Gasteiger partial charge on any atom is 0.261 e. The van der Waals surface area contributed by atoms with E-state index in [0.717, 1.165) is 24.8 Å². The van der Waals surface area contributed by atoms with E-state index < -0.39 is 10.0 Å². The predicted molar refractivity (Wildman–Crippen MR) is 102 cm³/mol. The molecule has 0 spiro atoms. The van der Waals surface area contributed by atoms with Crippen molar-refractivity contribution >= 4 is 21.5 Å². The molecule has 1 aliphatic carbocycles. The fraction of sp³-hybridized carbons (Fsp3) is 0.421. The second-order valence-electron chi connectivity index (χ2n) is 7.55. The molecule has 1 aliphatic rings. The quantitative estimate of drug-likeness (QED) is 0.866. The third-order valence-corrected chi connectivity index (χ3v) is 5.53. The number of sulfonamides is 1. The van der Waals surface area contributed by atoms with Gasteiger partial charge in [0.25, 0.3) is 10.0 Å². The molecule has 25 heavy (non-hydrogen) atoms. The first-order chi connectivity index (χ1) is 11.7. The number of aromatic nitrogens is 1. The van der Waals surface area contributed by atoms with Crippen molar-refractivity contribution in [3.8, 4) is 0 Å². The Morgan fingerprint density at radius 1 is 1.00 bits per heavy atom. The van der Waals surface area contributed by atoms with Crippen molar-refractivity contribution < 1.29 is 8.42 Å². The molecule has 0 saturated carbocycles. The average Bonchev–Trinajstić information content (AvgIpc) is 2.55. The lowest BCUT2D eigenvalue weighted by Gasteiger charge is -2.21. The topological polar surface area (TPSA) is 71.1 Å². The zero-order valence-corrected chi connectivity index (χ0v) is 15.8. The highest BCUT2D eigenvalue weighted by Gasteiger charge is 2.18. The predicted octanol–water partition coefficient (Wildman–Crippen LogP) is 3.97. The highest BCUT2D eigenvalue weighted by atomic mass is 32.2. The van der Waals surface area contributed by atoms with E-state index in [4.69, 9.17) is 0 Å². The number of fused-ring (bicyclic) bond motifs is 1. The van der Waals surface area contributed by atoms with Crippen LogP contribution in [0.1, 0.15) is 44.7 Å². The molecule has 0 aliphatic heterocycles. The number of rotatable bonds is 4. The number of hydrogen-bond donors (Lipinski definition) is 2. The summed E-state index contributed by atoms with van der Waals surface area (Å²) in [6.07, 6.45) is 5.82. The zero-order valence-electron chi connectivity index (χ0n) is 15.0. The molecule has 6 heteroatoms.